The lowest BCUT2D eigenvalue weighted by Gasteiger charge is -2.10. The Kier molecular flexibility index (Phi) is 1.34. The predicted octanol–water partition coefficient (Wildman–Crippen LogP) is 1.88. The van der Waals surface area contributed by atoms with Gasteiger partial charge in [-0.3, -0.25) is 4.79 Å². The lowest BCUT2D eigenvalue weighted by atomic mass is 10.2. The van der Waals surface area contributed by atoms with Crippen molar-refractivity contribution in [2.45, 2.75) is 20.5 Å². The molecule has 2 fully saturated rings. The van der Waals surface area contributed by atoms with Gasteiger partial charge < -0.3 is 5.11 Å². The summed E-state index contributed by atoms with van der Waals surface area (Å²) in [7, 11) is 0. The number of carboxylic acids is 1. The Balaban J connectivity index is 1.94. The SMILES string of the molecule is O=C(O)C1S[C@@]23C=CC=C[C@@]2(C3)S1. The Bertz CT molecular complexity index is 324. The van der Waals surface area contributed by atoms with Crippen molar-refractivity contribution in [1.82, 2.24) is 0 Å². The van der Waals surface area contributed by atoms with Crippen molar-refractivity contribution in [3.8, 4) is 0 Å². The number of rotatable bonds is 1. The van der Waals surface area contributed by atoms with E-state index in [0.717, 1.165) is 6.42 Å². The van der Waals surface area contributed by atoms with Gasteiger partial charge in [-0.25, -0.2) is 0 Å². The lowest BCUT2D eigenvalue weighted by Crippen LogP contribution is -2.11. The molecule has 0 bridgehead atoms. The van der Waals surface area contributed by atoms with E-state index in [2.05, 4.69) is 12.2 Å². The van der Waals surface area contributed by atoms with Gasteiger partial charge in [-0.2, -0.15) is 0 Å². The van der Waals surface area contributed by atoms with Crippen molar-refractivity contribution in [2.24, 2.45) is 0 Å². The molecule has 2 nitrogen and oxygen atoms in total. The van der Waals surface area contributed by atoms with E-state index in [9.17, 15) is 4.79 Å². The van der Waals surface area contributed by atoms with E-state index in [0.29, 0.717) is 0 Å². The Hall–Kier alpha value is -0.350. The molecule has 0 aromatic carbocycles. The molecule has 0 spiro atoms. The number of hydrogen-bond donors (Lipinski definition) is 1. The van der Waals surface area contributed by atoms with E-state index in [1.807, 2.05) is 12.2 Å². The first-order chi connectivity index (χ1) is 6.18. The summed E-state index contributed by atoms with van der Waals surface area (Å²) in [4.78, 5) is 10.8. The molecule has 1 unspecified atom stereocenters. The van der Waals surface area contributed by atoms with Gasteiger partial charge in [0.1, 0.15) is 4.58 Å². The zero-order valence-electron chi connectivity index (χ0n) is 6.77. The maximum Gasteiger partial charge on any atom is 0.326 e. The van der Waals surface area contributed by atoms with Crippen LogP contribution in [0.2, 0.25) is 0 Å². The third kappa shape index (κ3) is 0.854. The van der Waals surface area contributed by atoms with Crippen LogP contribution in [-0.2, 0) is 4.79 Å². The maximum absolute atomic E-state index is 10.8. The minimum absolute atomic E-state index is 0.121. The molecular formula is C9H8O2S2. The molecule has 3 aliphatic rings. The largest absolute Gasteiger partial charge is 0.480 e. The van der Waals surface area contributed by atoms with Crippen LogP contribution in [0.5, 0.6) is 0 Å². The molecule has 1 saturated carbocycles. The first kappa shape index (κ1) is 8.00. The van der Waals surface area contributed by atoms with Gasteiger partial charge >= 0.3 is 5.97 Å². The molecule has 3 rings (SSSR count). The molecule has 1 aliphatic heterocycles. The highest BCUT2D eigenvalue weighted by Gasteiger charge is 2.73. The molecule has 1 saturated heterocycles. The van der Waals surface area contributed by atoms with Crippen molar-refractivity contribution in [3.63, 3.8) is 0 Å². The van der Waals surface area contributed by atoms with Crippen molar-refractivity contribution in [3.05, 3.63) is 24.3 Å². The zero-order valence-corrected chi connectivity index (χ0v) is 8.40. The van der Waals surface area contributed by atoms with Crippen LogP contribution >= 0.6 is 23.5 Å². The van der Waals surface area contributed by atoms with E-state index in [1.54, 1.807) is 23.5 Å². The van der Waals surface area contributed by atoms with Crippen LogP contribution in [0, 0.1) is 0 Å². The van der Waals surface area contributed by atoms with Crippen LogP contribution in [0.15, 0.2) is 24.3 Å². The van der Waals surface area contributed by atoms with E-state index in [-0.39, 0.29) is 14.1 Å². The van der Waals surface area contributed by atoms with E-state index >= 15 is 0 Å². The second-order valence-electron chi connectivity index (χ2n) is 3.58. The summed E-state index contributed by atoms with van der Waals surface area (Å²) in [5, 5.41) is 8.90. The topological polar surface area (TPSA) is 37.3 Å². The second-order valence-corrected chi connectivity index (χ2v) is 6.75. The summed E-state index contributed by atoms with van der Waals surface area (Å²) in [5.41, 5.74) is 0. The van der Waals surface area contributed by atoms with Crippen LogP contribution in [-0.4, -0.2) is 25.2 Å². The van der Waals surface area contributed by atoms with Crippen molar-refractivity contribution in [2.75, 3.05) is 0 Å². The summed E-state index contributed by atoms with van der Waals surface area (Å²) in [6.45, 7) is 0. The first-order valence-electron chi connectivity index (χ1n) is 4.13. The number of hydrogen-bond acceptors (Lipinski definition) is 3. The minimum atomic E-state index is -0.690. The highest BCUT2D eigenvalue weighted by Crippen LogP contribution is 2.76. The molecule has 4 heteroatoms. The summed E-state index contributed by atoms with van der Waals surface area (Å²) >= 11 is 3.19. The smallest absolute Gasteiger partial charge is 0.326 e. The van der Waals surface area contributed by atoms with Gasteiger partial charge in [0, 0.05) is 0 Å². The Morgan fingerprint density at radius 2 is 1.85 bits per heavy atom. The number of carboxylic acid groups (broad SMARTS) is 1. The average molecular weight is 212 g/mol. The highest BCUT2D eigenvalue weighted by molar-refractivity contribution is 8.23. The second kappa shape index (κ2) is 2.17. The molecule has 0 aromatic heterocycles. The normalized spacial score (nSPS) is 50.0. The van der Waals surface area contributed by atoms with Gasteiger partial charge in [0.25, 0.3) is 0 Å². The van der Waals surface area contributed by atoms with Gasteiger partial charge in [0.2, 0.25) is 0 Å². The fraction of sp³-hybridized carbons (Fsp3) is 0.444. The number of thioether (sulfide) groups is 2. The molecule has 0 radical (unpaired) electrons. The van der Waals surface area contributed by atoms with E-state index in [4.69, 9.17) is 5.11 Å². The fourth-order valence-corrected chi connectivity index (χ4v) is 6.08. The quantitative estimate of drug-likeness (QED) is 0.720. The lowest BCUT2D eigenvalue weighted by molar-refractivity contribution is -0.134. The molecule has 0 amide bonds. The standard InChI is InChI=1S/C9H8O2S2/c10-6(11)7-12-8-3-1-2-4-9(8,5-8)13-7/h1-4,7H,5H2,(H,10,11)/t7?,8-,9+. The molecular weight excluding hydrogens is 204 g/mol. The molecule has 68 valence electrons. The van der Waals surface area contributed by atoms with Crippen molar-refractivity contribution >= 4 is 29.5 Å². The Morgan fingerprint density at radius 1 is 1.31 bits per heavy atom. The third-order valence-corrected chi connectivity index (χ3v) is 6.46. The number of carbonyl (C=O) groups is 1. The Labute approximate surface area is 84.5 Å². The van der Waals surface area contributed by atoms with Gasteiger partial charge in [0.15, 0.2) is 0 Å². The summed E-state index contributed by atoms with van der Waals surface area (Å²) < 4.78 is -0.0357. The molecule has 0 aromatic rings. The zero-order chi connectivity index (χ0) is 9.10. The highest BCUT2D eigenvalue weighted by atomic mass is 32.2. The summed E-state index contributed by atoms with van der Waals surface area (Å²) in [6, 6.07) is 0. The number of allylic oxidation sites excluding steroid dienone is 2. The molecule has 3 atom stereocenters. The maximum atomic E-state index is 10.8. The molecule has 13 heavy (non-hydrogen) atoms. The average Bonchev–Trinajstić information content (AvgIpc) is 2.61. The van der Waals surface area contributed by atoms with Crippen LogP contribution in [0.1, 0.15) is 6.42 Å². The van der Waals surface area contributed by atoms with Crippen molar-refractivity contribution < 1.29 is 9.90 Å². The minimum Gasteiger partial charge on any atom is -0.480 e. The first-order valence-corrected chi connectivity index (χ1v) is 5.89. The Morgan fingerprint density at radius 3 is 2.31 bits per heavy atom. The summed E-state index contributed by atoms with van der Waals surface area (Å²) in [5.74, 6) is -0.690. The fourth-order valence-electron chi connectivity index (χ4n) is 2.04. The van der Waals surface area contributed by atoms with Crippen molar-refractivity contribution in [1.29, 1.82) is 0 Å². The van der Waals surface area contributed by atoms with Crippen LogP contribution < -0.4 is 0 Å². The van der Waals surface area contributed by atoms with Gasteiger partial charge in [-0.15, -0.1) is 23.5 Å². The predicted molar refractivity (Wildman–Crippen MR) is 55.0 cm³/mol. The number of aliphatic carboxylic acids is 1. The molecule has 2 aliphatic carbocycles. The van der Waals surface area contributed by atoms with E-state index < -0.39 is 5.97 Å². The van der Waals surface area contributed by atoms with Crippen LogP contribution in [0.4, 0.5) is 0 Å². The van der Waals surface area contributed by atoms with Gasteiger partial charge in [-0.1, -0.05) is 24.3 Å². The molecule has 1 N–H and O–H groups in total. The van der Waals surface area contributed by atoms with Crippen LogP contribution in [0.25, 0.3) is 0 Å². The van der Waals surface area contributed by atoms with E-state index in [1.165, 1.54) is 0 Å². The molecule has 1 heterocycles. The monoisotopic (exact) mass is 212 g/mol. The third-order valence-electron chi connectivity index (χ3n) is 2.79. The van der Waals surface area contributed by atoms with Gasteiger partial charge in [0.05, 0.1) is 9.49 Å². The summed E-state index contributed by atoms with van der Waals surface area (Å²) in [6.07, 6.45) is 9.49. The van der Waals surface area contributed by atoms with Gasteiger partial charge in [-0.05, 0) is 6.42 Å². The van der Waals surface area contributed by atoms with Crippen LogP contribution in [0.3, 0.4) is 0 Å².